The lowest BCUT2D eigenvalue weighted by Crippen LogP contribution is -2.49. The summed E-state index contributed by atoms with van der Waals surface area (Å²) in [6, 6.07) is 6.63. The van der Waals surface area contributed by atoms with Crippen LogP contribution in [-0.4, -0.2) is 37.3 Å². The van der Waals surface area contributed by atoms with Crippen LogP contribution in [0.1, 0.15) is 11.6 Å². The van der Waals surface area contributed by atoms with Crippen molar-refractivity contribution >= 4 is 24.8 Å². The molecule has 1 saturated heterocycles. The van der Waals surface area contributed by atoms with Gasteiger partial charge in [0.1, 0.15) is 6.04 Å². The first kappa shape index (κ1) is 18.5. The van der Waals surface area contributed by atoms with E-state index in [0.29, 0.717) is 31.7 Å². The lowest BCUT2D eigenvalue weighted by atomic mass is 10.0. The Labute approximate surface area is 123 Å². The molecule has 19 heavy (non-hydrogen) atoms. The quantitative estimate of drug-likeness (QED) is 0.902. The summed E-state index contributed by atoms with van der Waals surface area (Å²) in [5.74, 6) is 0. The number of benzene rings is 1. The molecule has 110 valence electrons. The third-order valence-corrected chi connectivity index (χ3v) is 2.94. The number of hydrogen-bond donors (Lipinski definition) is 1. The molecule has 0 spiro atoms. The third kappa shape index (κ3) is 4.84. The van der Waals surface area contributed by atoms with Gasteiger partial charge in [-0.25, -0.2) is 0 Å². The van der Waals surface area contributed by atoms with E-state index in [1.807, 2.05) is 0 Å². The van der Waals surface area contributed by atoms with Crippen molar-refractivity contribution in [2.24, 2.45) is 0 Å². The van der Waals surface area contributed by atoms with E-state index in [2.05, 4.69) is 5.32 Å². The second kappa shape index (κ2) is 7.94. The third-order valence-electron chi connectivity index (χ3n) is 2.94. The Balaban J connectivity index is 0.00000162. The molecule has 1 fully saturated rings. The van der Waals surface area contributed by atoms with Crippen LogP contribution in [0.15, 0.2) is 30.3 Å². The van der Waals surface area contributed by atoms with E-state index in [4.69, 9.17) is 0 Å². The largest absolute Gasteiger partial charge is 0.408 e. The van der Waals surface area contributed by atoms with Crippen molar-refractivity contribution in [2.75, 3.05) is 26.2 Å². The molecule has 1 N–H and O–H groups in total. The molecule has 1 aromatic carbocycles. The summed E-state index contributed by atoms with van der Waals surface area (Å²) in [4.78, 5) is 1.49. The Morgan fingerprint density at radius 3 is 2.00 bits per heavy atom. The molecule has 0 aliphatic carbocycles. The van der Waals surface area contributed by atoms with Crippen LogP contribution in [0.25, 0.3) is 0 Å². The van der Waals surface area contributed by atoms with Gasteiger partial charge in [0.25, 0.3) is 0 Å². The second-order valence-corrected chi connectivity index (χ2v) is 4.14. The zero-order valence-corrected chi connectivity index (χ0v) is 11.8. The summed E-state index contributed by atoms with van der Waals surface area (Å²) in [6.07, 6.45) is -4.22. The van der Waals surface area contributed by atoms with Gasteiger partial charge < -0.3 is 5.32 Å². The van der Waals surface area contributed by atoms with Crippen LogP contribution in [0.2, 0.25) is 0 Å². The number of piperazine rings is 1. The van der Waals surface area contributed by atoms with E-state index >= 15 is 0 Å². The molecular formula is C12H17Cl2F3N2. The maximum absolute atomic E-state index is 13.1. The molecule has 0 unspecified atom stereocenters. The van der Waals surface area contributed by atoms with Crippen LogP contribution in [0.5, 0.6) is 0 Å². The van der Waals surface area contributed by atoms with Gasteiger partial charge in [0.2, 0.25) is 0 Å². The van der Waals surface area contributed by atoms with Crippen LogP contribution in [-0.2, 0) is 0 Å². The van der Waals surface area contributed by atoms with Gasteiger partial charge in [-0.3, -0.25) is 4.90 Å². The van der Waals surface area contributed by atoms with Crippen LogP contribution in [0, 0.1) is 0 Å². The summed E-state index contributed by atoms with van der Waals surface area (Å²) in [5, 5.41) is 3.06. The lowest BCUT2D eigenvalue weighted by Gasteiger charge is -2.36. The molecule has 1 aliphatic heterocycles. The topological polar surface area (TPSA) is 15.3 Å². The van der Waals surface area contributed by atoms with Crippen molar-refractivity contribution in [1.82, 2.24) is 10.2 Å². The SMILES string of the molecule is Cl.Cl.FC(F)(F)[C@H](c1ccccc1)N1CCNCC1. The predicted octanol–water partition coefficient (Wildman–Crippen LogP) is 3.04. The van der Waals surface area contributed by atoms with Crippen molar-refractivity contribution in [2.45, 2.75) is 12.2 Å². The Hall–Kier alpha value is -0.490. The fourth-order valence-electron chi connectivity index (χ4n) is 2.18. The molecule has 0 aromatic heterocycles. The van der Waals surface area contributed by atoms with Gasteiger partial charge in [0, 0.05) is 26.2 Å². The molecule has 1 atom stereocenters. The maximum atomic E-state index is 13.1. The molecular weight excluding hydrogens is 300 g/mol. The van der Waals surface area contributed by atoms with Gasteiger partial charge in [-0.05, 0) is 5.56 Å². The number of nitrogens with one attached hydrogen (secondary N) is 1. The Morgan fingerprint density at radius 1 is 1.00 bits per heavy atom. The first-order valence-electron chi connectivity index (χ1n) is 5.65. The molecule has 0 radical (unpaired) electrons. The van der Waals surface area contributed by atoms with Crippen LogP contribution in [0.4, 0.5) is 13.2 Å². The Bertz CT molecular complexity index is 354. The summed E-state index contributed by atoms with van der Waals surface area (Å²) in [5.41, 5.74) is 0.321. The van der Waals surface area contributed by atoms with E-state index in [1.54, 1.807) is 30.3 Å². The molecule has 7 heteroatoms. The highest BCUT2D eigenvalue weighted by Crippen LogP contribution is 2.37. The first-order chi connectivity index (χ1) is 8.09. The molecule has 1 heterocycles. The molecule has 0 bridgehead atoms. The summed E-state index contributed by atoms with van der Waals surface area (Å²) in [7, 11) is 0. The number of rotatable bonds is 2. The minimum atomic E-state index is -4.22. The maximum Gasteiger partial charge on any atom is 0.408 e. The van der Waals surface area contributed by atoms with Gasteiger partial charge >= 0.3 is 6.18 Å². The van der Waals surface area contributed by atoms with Gasteiger partial charge in [-0.1, -0.05) is 30.3 Å². The zero-order valence-electron chi connectivity index (χ0n) is 10.2. The molecule has 1 aliphatic rings. The average molecular weight is 317 g/mol. The highest BCUT2D eigenvalue weighted by Gasteiger charge is 2.44. The van der Waals surface area contributed by atoms with E-state index in [0.717, 1.165) is 0 Å². The van der Waals surface area contributed by atoms with Crippen molar-refractivity contribution in [3.05, 3.63) is 35.9 Å². The number of halogens is 5. The number of nitrogens with zero attached hydrogens (tertiary/aromatic N) is 1. The minimum absolute atomic E-state index is 0. The van der Waals surface area contributed by atoms with E-state index in [1.165, 1.54) is 4.90 Å². The van der Waals surface area contributed by atoms with Gasteiger partial charge in [-0.15, -0.1) is 24.8 Å². The van der Waals surface area contributed by atoms with E-state index < -0.39 is 12.2 Å². The van der Waals surface area contributed by atoms with Crippen LogP contribution >= 0.6 is 24.8 Å². The highest BCUT2D eigenvalue weighted by molar-refractivity contribution is 5.85. The fraction of sp³-hybridized carbons (Fsp3) is 0.500. The molecule has 0 amide bonds. The minimum Gasteiger partial charge on any atom is -0.314 e. The highest BCUT2D eigenvalue weighted by atomic mass is 35.5. The number of alkyl halides is 3. The van der Waals surface area contributed by atoms with Crippen molar-refractivity contribution in [3.63, 3.8) is 0 Å². The van der Waals surface area contributed by atoms with E-state index in [9.17, 15) is 13.2 Å². The fourth-order valence-corrected chi connectivity index (χ4v) is 2.18. The monoisotopic (exact) mass is 316 g/mol. The molecule has 0 saturated carbocycles. The van der Waals surface area contributed by atoms with Crippen molar-refractivity contribution in [3.8, 4) is 0 Å². The van der Waals surface area contributed by atoms with Crippen molar-refractivity contribution < 1.29 is 13.2 Å². The second-order valence-electron chi connectivity index (χ2n) is 4.14. The van der Waals surface area contributed by atoms with Crippen LogP contribution < -0.4 is 5.32 Å². The summed E-state index contributed by atoms with van der Waals surface area (Å²) in [6.45, 7) is 2.08. The first-order valence-corrected chi connectivity index (χ1v) is 5.65. The van der Waals surface area contributed by atoms with Gasteiger partial charge in [0.05, 0.1) is 0 Å². The van der Waals surface area contributed by atoms with Gasteiger partial charge in [0.15, 0.2) is 0 Å². The van der Waals surface area contributed by atoms with Crippen molar-refractivity contribution in [1.29, 1.82) is 0 Å². The smallest absolute Gasteiger partial charge is 0.314 e. The average Bonchev–Trinajstić information content (AvgIpc) is 2.30. The molecule has 2 rings (SSSR count). The standard InChI is InChI=1S/C12H15F3N2.2ClH/c13-12(14,15)11(10-4-2-1-3-5-10)17-8-6-16-7-9-17;;/h1-5,11,16H,6-9H2;2*1H/t11-;;/m0../s1. The molecule has 2 nitrogen and oxygen atoms in total. The zero-order chi connectivity index (χ0) is 12.3. The van der Waals surface area contributed by atoms with Gasteiger partial charge in [-0.2, -0.15) is 13.2 Å². The number of hydrogen-bond acceptors (Lipinski definition) is 2. The van der Waals surface area contributed by atoms with Crippen LogP contribution in [0.3, 0.4) is 0 Å². The normalized spacial score (nSPS) is 18.1. The molecule has 1 aromatic rings. The summed E-state index contributed by atoms with van der Waals surface area (Å²) >= 11 is 0. The Kier molecular flexibility index (Phi) is 7.74. The summed E-state index contributed by atoms with van der Waals surface area (Å²) < 4.78 is 39.4. The van der Waals surface area contributed by atoms with E-state index in [-0.39, 0.29) is 24.8 Å². The lowest BCUT2D eigenvalue weighted by molar-refractivity contribution is -0.187. The predicted molar refractivity (Wildman–Crippen MR) is 74.2 cm³/mol. The Morgan fingerprint density at radius 2 is 1.53 bits per heavy atom.